The third-order valence-electron chi connectivity index (χ3n) is 0.437. The molecule has 1 amide bonds. The minimum atomic E-state index is -0.526. The maximum Gasteiger partial charge on any atom is 0.297 e. The Labute approximate surface area is 47.5 Å². The monoisotopic (exact) mass is 118 g/mol. The number of hydrogen-bond donors (Lipinski definition) is 0. The molecule has 0 aromatic heterocycles. The van der Waals surface area contributed by atoms with Crippen LogP contribution in [0.1, 0.15) is 13.3 Å². The van der Waals surface area contributed by atoms with Crippen molar-refractivity contribution in [3.63, 3.8) is 0 Å². The molecule has 0 heterocycles. The fraction of sp³-hybridized carbons (Fsp3) is 0.750. The van der Waals surface area contributed by atoms with Crippen LogP contribution in [-0.4, -0.2) is 11.0 Å². The smallest absolute Gasteiger partial charge is 0.260 e. The van der Waals surface area contributed by atoms with Crippen molar-refractivity contribution in [3.8, 4) is 0 Å². The molecule has 0 aliphatic heterocycles. The molecule has 7 heavy (non-hydrogen) atoms. The summed E-state index contributed by atoms with van der Waals surface area (Å²) in [6, 6.07) is 0. The van der Waals surface area contributed by atoms with Gasteiger partial charge in [0.2, 0.25) is 0 Å². The van der Waals surface area contributed by atoms with Crippen LogP contribution in [0.15, 0.2) is 0 Å². The van der Waals surface area contributed by atoms with Gasteiger partial charge in [-0.15, -0.1) is 0 Å². The Morgan fingerprint density at radius 2 is 2.43 bits per heavy atom. The summed E-state index contributed by atoms with van der Waals surface area (Å²) in [6.45, 7) is 1.98. The molecule has 0 spiro atoms. The fourth-order valence-electron chi connectivity index (χ4n) is 0.195. The molecule has 0 aromatic rings. The Morgan fingerprint density at radius 3 is 2.57 bits per heavy atom. The van der Waals surface area contributed by atoms with Crippen LogP contribution < -0.4 is 5.73 Å². The van der Waals surface area contributed by atoms with Crippen molar-refractivity contribution < 1.29 is 4.79 Å². The summed E-state index contributed by atoms with van der Waals surface area (Å²) in [5.74, 6) is 0.780. The molecule has 0 aliphatic carbocycles. The Morgan fingerprint density at radius 1 is 1.86 bits per heavy atom. The van der Waals surface area contributed by atoms with Crippen molar-refractivity contribution in [2.75, 3.05) is 5.75 Å². The van der Waals surface area contributed by atoms with Crippen molar-refractivity contribution in [2.45, 2.75) is 13.3 Å². The van der Waals surface area contributed by atoms with Gasteiger partial charge in [-0.2, -0.15) is 0 Å². The van der Waals surface area contributed by atoms with Crippen LogP contribution in [0.4, 0.5) is 4.79 Å². The number of carbonyl (C=O) groups is 1. The highest BCUT2D eigenvalue weighted by Crippen LogP contribution is 2.00. The summed E-state index contributed by atoms with van der Waals surface area (Å²) in [5.41, 5.74) is 6.41. The van der Waals surface area contributed by atoms with E-state index in [0.717, 1.165) is 23.9 Å². The zero-order valence-electron chi connectivity index (χ0n) is 4.23. The van der Waals surface area contributed by atoms with E-state index in [1.54, 1.807) is 0 Å². The third-order valence-corrected chi connectivity index (χ3v) is 1.31. The van der Waals surface area contributed by atoms with Gasteiger partial charge in [0.15, 0.2) is 0 Å². The van der Waals surface area contributed by atoms with Crippen molar-refractivity contribution in [3.05, 3.63) is 0 Å². The topological polar surface area (TPSA) is 40.9 Å². The van der Waals surface area contributed by atoms with Crippen molar-refractivity contribution >= 4 is 17.0 Å². The molecular weight excluding hydrogens is 110 g/mol. The maximum atomic E-state index is 9.83. The Balaban J connectivity index is 2.82. The van der Waals surface area contributed by atoms with Crippen LogP contribution in [0.3, 0.4) is 0 Å². The van der Waals surface area contributed by atoms with Gasteiger partial charge in [0.25, 0.3) is 5.24 Å². The first-order chi connectivity index (χ1) is 3.27. The van der Waals surface area contributed by atoms with Gasteiger partial charge in [0.1, 0.15) is 0 Å². The maximum absolute atomic E-state index is 9.83. The predicted octanol–water partition coefficient (Wildman–Crippen LogP) is 1.53. The highest BCUT2D eigenvalue weighted by Gasteiger charge is 1.90. The van der Waals surface area contributed by atoms with Gasteiger partial charge < -0.3 is 0 Å². The zero-order chi connectivity index (χ0) is 5.70. The molecule has 2 nitrogen and oxygen atoms in total. The summed E-state index contributed by atoms with van der Waals surface area (Å²) < 4.78 is 0. The molecule has 0 rings (SSSR count). The van der Waals surface area contributed by atoms with E-state index in [-0.39, 0.29) is 0 Å². The average Bonchev–Trinajstić information content (AvgIpc) is 1.61. The van der Waals surface area contributed by atoms with Crippen molar-refractivity contribution in [2.24, 2.45) is 0 Å². The molecule has 0 fully saturated rings. The lowest BCUT2D eigenvalue weighted by Crippen LogP contribution is -1.87. The highest BCUT2D eigenvalue weighted by molar-refractivity contribution is 8.13. The fourth-order valence-corrected chi connectivity index (χ4v) is 0.584. The first-order valence-corrected chi connectivity index (χ1v) is 3.14. The lowest BCUT2D eigenvalue weighted by Gasteiger charge is -1.85. The molecule has 0 bridgehead atoms. The standard InChI is InChI=1S/C4H8NOS/c1-2-3-7-4(5)6/h5H,2-3H2,1H3. The number of rotatable bonds is 2. The van der Waals surface area contributed by atoms with Crippen LogP contribution in [0.5, 0.6) is 0 Å². The zero-order valence-corrected chi connectivity index (χ0v) is 5.05. The highest BCUT2D eigenvalue weighted by atomic mass is 32.2. The molecule has 41 valence electrons. The Bertz CT molecular complexity index is 64.7. The molecule has 0 aliphatic rings. The summed E-state index contributed by atoms with van der Waals surface area (Å²) in [5, 5.41) is -0.526. The van der Waals surface area contributed by atoms with Crippen molar-refractivity contribution in [1.82, 2.24) is 5.73 Å². The van der Waals surface area contributed by atoms with Gasteiger partial charge in [0, 0.05) is 5.75 Å². The molecule has 0 saturated carbocycles. The van der Waals surface area contributed by atoms with Gasteiger partial charge in [-0.05, 0) is 6.42 Å². The van der Waals surface area contributed by atoms with E-state index in [1.807, 2.05) is 6.92 Å². The average molecular weight is 118 g/mol. The van der Waals surface area contributed by atoms with Crippen LogP contribution in [0, 0.1) is 0 Å². The summed E-state index contributed by atoms with van der Waals surface area (Å²) in [6.07, 6.45) is 0.968. The Hall–Kier alpha value is -0.180. The minimum Gasteiger partial charge on any atom is -0.260 e. The second-order valence-electron chi connectivity index (χ2n) is 1.14. The van der Waals surface area contributed by atoms with E-state index in [1.165, 1.54) is 0 Å². The van der Waals surface area contributed by atoms with E-state index in [2.05, 4.69) is 0 Å². The summed E-state index contributed by atoms with van der Waals surface area (Å²) in [4.78, 5) is 9.83. The predicted molar refractivity (Wildman–Crippen MR) is 31.2 cm³/mol. The number of amides is 1. The minimum absolute atomic E-state index is 0.526. The van der Waals surface area contributed by atoms with Gasteiger partial charge in [-0.3, -0.25) is 10.5 Å². The molecule has 0 atom stereocenters. The SMILES string of the molecule is CCCSC([NH])=O. The van der Waals surface area contributed by atoms with E-state index in [0.29, 0.717) is 0 Å². The Kier molecular flexibility index (Phi) is 3.89. The first kappa shape index (κ1) is 6.82. The summed E-state index contributed by atoms with van der Waals surface area (Å²) in [7, 11) is 0. The number of hydrogen-bond acceptors (Lipinski definition) is 2. The normalized spacial score (nSPS) is 8.71. The lowest BCUT2D eigenvalue weighted by molar-refractivity contribution is 0.266. The molecule has 3 heteroatoms. The second-order valence-corrected chi connectivity index (χ2v) is 2.20. The quantitative estimate of drug-likeness (QED) is 0.551. The van der Waals surface area contributed by atoms with Gasteiger partial charge in [0.05, 0.1) is 0 Å². The lowest BCUT2D eigenvalue weighted by atomic mass is 10.6. The molecular formula is C4H8NOS. The molecule has 0 unspecified atom stereocenters. The van der Waals surface area contributed by atoms with Crippen LogP contribution in [0.2, 0.25) is 0 Å². The number of carbonyl (C=O) groups excluding carboxylic acids is 1. The number of thioether (sulfide) groups is 1. The molecule has 0 saturated heterocycles. The van der Waals surface area contributed by atoms with Crippen LogP contribution in [-0.2, 0) is 0 Å². The van der Waals surface area contributed by atoms with E-state index in [9.17, 15) is 4.79 Å². The van der Waals surface area contributed by atoms with Crippen molar-refractivity contribution in [1.29, 1.82) is 0 Å². The summed E-state index contributed by atoms with van der Waals surface area (Å²) >= 11 is 1.06. The van der Waals surface area contributed by atoms with E-state index in [4.69, 9.17) is 5.73 Å². The molecule has 0 aromatic carbocycles. The van der Waals surface area contributed by atoms with Gasteiger partial charge in [-0.1, -0.05) is 18.7 Å². The van der Waals surface area contributed by atoms with Gasteiger partial charge >= 0.3 is 0 Å². The number of nitrogens with one attached hydrogen (secondary N) is 1. The largest absolute Gasteiger partial charge is 0.297 e. The molecule has 1 radical (unpaired) electrons. The van der Waals surface area contributed by atoms with Crippen LogP contribution >= 0.6 is 11.8 Å². The second kappa shape index (κ2) is 3.99. The van der Waals surface area contributed by atoms with E-state index < -0.39 is 5.24 Å². The first-order valence-electron chi connectivity index (χ1n) is 2.15. The van der Waals surface area contributed by atoms with Crippen LogP contribution in [0.25, 0.3) is 0 Å². The molecule has 1 N–H and O–H groups in total. The third kappa shape index (κ3) is 5.82. The van der Waals surface area contributed by atoms with Gasteiger partial charge in [-0.25, -0.2) is 0 Å². The van der Waals surface area contributed by atoms with E-state index >= 15 is 0 Å².